The first-order valence-corrected chi connectivity index (χ1v) is 9.67. The van der Waals surface area contributed by atoms with Crippen LogP contribution in [0.3, 0.4) is 0 Å². The Hall–Kier alpha value is -0.170. The van der Waals surface area contributed by atoms with Gasteiger partial charge in [0.1, 0.15) is 4.32 Å². The van der Waals surface area contributed by atoms with Crippen LogP contribution in [-0.4, -0.2) is 5.97 Å². The number of hydrogen-bond acceptors (Lipinski definition) is 2. The fraction of sp³-hybridized carbons (Fsp3) is 0.188. The fourth-order valence-corrected chi connectivity index (χ4v) is 4.73. The minimum atomic E-state index is -0.875. The van der Waals surface area contributed by atoms with Crippen molar-refractivity contribution in [3.63, 3.8) is 0 Å². The highest BCUT2D eigenvalue weighted by molar-refractivity contribution is 9.11. The fourth-order valence-electron chi connectivity index (χ4n) is 1.97. The first-order chi connectivity index (χ1) is 10.4. The Morgan fingerprint density at radius 2 is 1.64 bits per heavy atom. The summed E-state index contributed by atoms with van der Waals surface area (Å²) < 4.78 is 7.04. The van der Waals surface area contributed by atoms with Gasteiger partial charge < -0.3 is 4.74 Å². The van der Waals surface area contributed by atoms with Crippen LogP contribution < -0.4 is 4.74 Å². The smallest absolute Gasteiger partial charge is 0.332 e. The van der Waals surface area contributed by atoms with Crippen LogP contribution in [0.1, 0.15) is 18.9 Å². The van der Waals surface area contributed by atoms with Gasteiger partial charge in [0.05, 0.1) is 8.95 Å². The van der Waals surface area contributed by atoms with Crippen molar-refractivity contribution in [2.45, 2.75) is 17.7 Å². The molecular weight excluding hydrogens is 544 g/mol. The zero-order valence-electron chi connectivity index (χ0n) is 11.6. The van der Waals surface area contributed by atoms with E-state index in [-0.39, 0.29) is 5.97 Å². The summed E-state index contributed by atoms with van der Waals surface area (Å²) >= 11 is 13.8. The van der Waals surface area contributed by atoms with Crippen LogP contribution in [0.5, 0.6) is 5.75 Å². The highest BCUT2D eigenvalue weighted by atomic mass is 79.9. The maximum Gasteiger partial charge on any atom is 0.332 e. The van der Waals surface area contributed by atoms with Crippen molar-refractivity contribution in [3.05, 3.63) is 61.4 Å². The molecule has 0 bridgehead atoms. The largest absolute Gasteiger partial charge is 0.423 e. The maximum absolute atomic E-state index is 12.7. The van der Waals surface area contributed by atoms with E-state index < -0.39 is 4.32 Å². The first-order valence-electron chi connectivity index (χ1n) is 6.49. The molecule has 0 saturated carbocycles. The van der Waals surface area contributed by atoms with Crippen LogP contribution in [0.4, 0.5) is 0 Å². The van der Waals surface area contributed by atoms with Crippen molar-refractivity contribution in [3.8, 4) is 5.75 Å². The molecule has 0 saturated heterocycles. The summed E-state index contributed by atoms with van der Waals surface area (Å²) in [7, 11) is 0. The van der Waals surface area contributed by atoms with Gasteiger partial charge in [-0.3, -0.25) is 0 Å². The van der Waals surface area contributed by atoms with E-state index in [0.29, 0.717) is 21.1 Å². The van der Waals surface area contributed by atoms with E-state index in [0.717, 1.165) is 10.0 Å². The van der Waals surface area contributed by atoms with Gasteiger partial charge in [-0.15, -0.1) is 0 Å². The van der Waals surface area contributed by atoms with E-state index in [1.165, 1.54) is 0 Å². The summed E-state index contributed by atoms with van der Waals surface area (Å²) in [6.45, 7) is 1.94. The van der Waals surface area contributed by atoms with Gasteiger partial charge in [0, 0.05) is 4.47 Å². The van der Waals surface area contributed by atoms with E-state index in [2.05, 4.69) is 63.7 Å². The molecule has 6 heteroatoms. The molecule has 0 radical (unpaired) electrons. The van der Waals surface area contributed by atoms with E-state index >= 15 is 0 Å². The second kappa shape index (κ2) is 7.60. The Labute approximate surface area is 163 Å². The van der Waals surface area contributed by atoms with Gasteiger partial charge in [-0.1, -0.05) is 69.1 Å². The van der Waals surface area contributed by atoms with Crippen LogP contribution >= 0.6 is 63.7 Å². The van der Waals surface area contributed by atoms with Crippen LogP contribution in [0.25, 0.3) is 0 Å². The molecule has 0 aliphatic carbocycles. The molecule has 116 valence electrons. The van der Waals surface area contributed by atoms with E-state index in [4.69, 9.17) is 4.74 Å². The average Bonchev–Trinajstić information content (AvgIpc) is 2.50. The molecule has 0 aliphatic rings. The van der Waals surface area contributed by atoms with Crippen LogP contribution in [0.2, 0.25) is 0 Å². The molecule has 0 unspecified atom stereocenters. The monoisotopic (exact) mass is 552 g/mol. The summed E-state index contributed by atoms with van der Waals surface area (Å²) in [5.41, 5.74) is 0.867. The SMILES string of the molecule is CC[C@@](Br)(C(=O)Oc1c(Br)cc(Br)cc1Br)c1ccccc1. The van der Waals surface area contributed by atoms with Crippen LogP contribution in [0.15, 0.2) is 55.9 Å². The number of halogens is 4. The number of esters is 1. The highest BCUT2D eigenvalue weighted by Crippen LogP contribution is 2.41. The zero-order chi connectivity index (χ0) is 16.3. The molecule has 1 atom stereocenters. The third-order valence-corrected chi connectivity index (χ3v) is 6.18. The summed E-state index contributed by atoms with van der Waals surface area (Å²) in [5, 5.41) is 0. The van der Waals surface area contributed by atoms with E-state index in [1.54, 1.807) is 0 Å². The topological polar surface area (TPSA) is 26.3 Å². The van der Waals surface area contributed by atoms with Crippen molar-refractivity contribution in [2.75, 3.05) is 0 Å². The molecule has 2 aromatic rings. The van der Waals surface area contributed by atoms with E-state index in [1.807, 2.05) is 49.4 Å². The third-order valence-electron chi connectivity index (χ3n) is 3.20. The van der Waals surface area contributed by atoms with Crippen molar-refractivity contribution in [1.82, 2.24) is 0 Å². The number of carbonyl (C=O) groups is 1. The van der Waals surface area contributed by atoms with Crippen LogP contribution in [0, 0.1) is 0 Å². The van der Waals surface area contributed by atoms with Crippen LogP contribution in [-0.2, 0) is 9.12 Å². The van der Waals surface area contributed by atoms with E-state index in [9.17, 15) is 4.79 Å². The van der Waals surface area contributed by atoms with Gasteiger partial charge in [0.25, 0.3) is 0 Å². The summed E-state index contributed by atoms with van der Waals surface area (Å²) in [4.78, 5) is 12.7. The summed E-state index contributed by atoms with van der Waals surface area (Å²) in [6.07, 6.45) is 0.571. The second-order valence-electron chi connectivity index (χ2n) is 4.61. The Morgan fingerprint density at radius 3 is 2.14 bits per heavy atom. The lowest BCUT2D eigenvalue weighted by molar-refractivity contribution is -0.137. The Bertz CT molecular complexity index is 665. The zero-order valence-corrected chi connectivity index (χ0v) is 17.9. The van der Waals surface area contributed by atoms with Gasteiger partial charge in [-0.2, -0.15) is 0 Å². The summed E-state index contributed by atoms with van der Waals surface area (Å²) in [5.74, 6) is 0.103. The third kappa shape index (κ3) is 3.83. The molecule has 0 aliphatic heterocycles. The Kier molecular flexibility index (Phi) is 6.28. The Morgan fingerprint density at radius 1 is 1.09 bits per heavy atom. The maximum atomic E-state index is 12.7. The molecule has 2 rings (SSSR count). The minimum Gasteiger partial charge on any atom is -0.423 e. The highest BCUT2D eigenvalue weighted by Gasteiger charge is 2.38. The van der Waals surface area contributed by atoms with Gasteiger partial charge in [0.15, 0.2) is 5.75 Å². The molecule has 0 spiro atoms. The molecule has 0 fully saturated rings. The number of alkyl halides is 1. The molecule has 2 nitrogen and oxygen atoms in total. The lowest BCUT2D eigenvalue weighted by atomic mass is 9.96. The minimum absolute atomic E-state index is 0.357. The molecule has 0 heterocycles. The lowest BCUT2D eigenvalue weighted by Gasteiger charge is -2.25. The number of benzene rings is 2. The first kappa shape index (κ1) is 18.2. The molecule has 22 heavy (non-hydrogen) atoms. The van der Waals surface area contributed by atoms with Crippen molar-refractivity contribution >= 4 is 69.7 Å². The molecule has 0 aromatic heterocycles. The summed E-state index contributed by atoms with van der Waals surface area (Å²) in [6, 6.07) is 13.2. The molecule has 0 N–H and O–H groups in total. The molecular formula is C16H12Br4O2. The van der Waals surface area contributed by atoms with Gasteiger partial charge in [-0.05, 0) is 56.0 Å². The Balaban J connectivity index is 2.35. The number of ether oxygens (including phenoxy) is 1. The normalized spacial score (nSPS) is 13.5. The van der Waals surface area contributed by atoms with Gasteiger partial charge in [-0.25, -0.2) is 4.79 Å². The second-order valence-corrected chi connectivity index (χ2v) is 8.59. The predicted octanol–water partition coefficient (Wildman–Crippen LogP) is 6.58. The lowest BCUT2D eigenvalue weighted by Crippen LogP contribution is -2.33. The van der Waals surface area contributed by atoms with Gasteiger partial charge >= 0.3 is 5.97 Å². The predicted molar refractivity (Wildman–Crippen MR) is 103 cm³/mol. The number of hydrogen-bond donors (Lipinski definition) is 0. The van der Waals surface area contributed by atoms with Crippen molar-refractivity contribution in [1.29, 1.82) is 0 Å². The number of carbonyl (C=O) groups excluding carboxylic acids is 1. The molecule has 0 amide bonds. The quantitative estimate of drug-likeness (QED) is 0.242. The number of rotatable bonds is 4. The standard InChI is InChI=1S/C16H12Br4O2/c1-2-16(20,10-6-4-3-5-7-10)15(21)22-14-12(18)8-11(17)9-13(14)19/h3-9H,2H2,1H3/t16-/m0/s1. The van der Waals surface area contributed by atoms with Crippen molar-refractivity contribution in [2.24, 2.45) is 0 Å². The van der Waals surface area contributed by atoms with Gasteiger partial charge in [0.2, 0.25) is 0 Å². The molecule has 2 aromatic carbocycles. The van der Waals surface area contributed by atoms with Crippen molar-refractivity contribution < 1.29 is 9.53 Å². The average molecular weight is 556 g/mol.